The fourth-order valence-electron chi connectivity index (χ4n) is 0.346. The van der Waals surface area contributed by atoms with Gasteiger partial charge >= 0.3 is 0 Å². The topological polar surface area (TPSA) is 63.8 Å². The van der Waals surface area contributed by atoms with Crippen molar-refractivity contribution in [3.63, 3.8) is 0 Å². The number of aliphatic hydroxyl groups is 1. The molecule has 1 atom stereocenters. The van der Waals surface area contributed by atoms with Gasteiger partial charge in [0.15, 0.2) is 12.6 Å². The van der Waals surface area contributed by atoms with Crippen LogP contribution in [-0.4, -0.2) is 25.3 Å². The third kappa shape index (κ3) is 0.812. The van der Waals surface area contributed by atoms with E-state index in [1.807, 2.05) is 0 Å². The summed E-state index contributed by atoms with van der Waals surface area (Å²) < 4.78 is 0. The van der Waals surface area contributed by atoms with E-state index >= 15 is 0 Å². The average molecular weight is 114 g/mol. The summed E-state index contributed by atoms with van der Waals surface area (Å²) >= 11 is 0. The number of nitrogens with zero attached hydrogens (tertiary/aromatic N) is 4. The molecule has 1 heterocycles. The number of tetrazole rings is 1. The standard InChI is InChI=1S/C3H6N4O/c1-3(8)7-5-2-4-6-7/h2-3,8H,1H3. The lowest BCUT2D eigenvalue weighted by Crippen LogP contribution is -2.07. The number of aliphatic hydroxyl groups excluding tert-OH is 1. The molecule has 0 aliphatic carbocycles. The maximum Gasteiger partial charge on any atom is 0.165 e. The lowest BCUT2D eigenvalue weighted by atomic mass is 10.7. The van der Waals surface area contributed by atoms with Crippen LogP contribution >= 0.6 is 0 Å². The summed E-state index contributed by atoms with van der Waals surface area (Å²) in [6, 6.07) is 0. The van der Waals surface area contributed by atoms with Crippen LogP contribution in [0.25, 0.3) is 0 Å². The highest BCUT2D eigenvalue weighted by Gasteiger charge is 1.96. The van der Waals surface area contributed by atoms with Crippen molar-refractivity contribution in [1.82, 2.24) is 20.2 Å². The van der Waals surface area contributed by atoms with Crippen LogP contribution in [0, 0.1) is 0 Å². The van der Waals surface area contributed by atoms with Gasteiger partial charge in [-0.1, -0.05) is 0 Å². The highest BCUT2D eigenvalue weighted by atomic mass is 16.3. The Bertz CT molecular complexity index is 146. The molecule has 0 bridgehead atoms. The van der Waals surface area contributed by atoms with Crippen LogP contribution in [0.15, 0.2) is 6.33 Å². The maximum atomic E-state index is 8.71. The molecule has 0 amide bonds. The average Bonchev–Trinajstić information content (AvgIpc) is 2.12. The molecule has 1 aromatic heterocycles. The third-order valence-electron chi connectivity index (χ3n) is 0.699. The fourth-order valence-corrected chi connectivity index (χ4v) is 0.346. The van der Waals surface area contributed by atoms with E-state index in [4.69, 9.17) is 5.11 Å². The fraction of sp³-hybridized carbons (Fsp3) is 0.667. The Hall–Kier alpha value is -0.970. The summed E-state index contributed by atoms with van der Waals surface area (Å²) in [5.41, 5.74) is 0. The summed E-state index contributed by atoms with van der Waals surface area (Å²) in [7, 11) is 0. The Balaban J connectivity index is 2.77. The van der Waals surface area contributed by atoms with Gasteiger partial charge in [0.1, 0.15) is 0 Å². The van der Waals surface area contributed by atoms with E-state index in [-0.39, 0.29) is 0 Å². The Morgan fingerprint density at radius 1 is 1.75 bits per heavy atom. The minimum atomic E-state index is -0.683. The van der Waals surface area contributed by atoms with Crippen LogP contribution in [0.3, 0.4) is 0 Å². The van der Waals surface area contributed by atoms with Gasteiger partial charge in [0.2, 0.25) is 0 Å². The molecule has 0 aromatic carbocycles. The van der Waals surface area contributed by atoms with E-state index in [0.717, 1.165) is 4.80 Å². The van der Waals surface area contributed by atoms with Crippen molar-refractivity contribution in [2.75, 3.05) is 0 Å². The van der Waals surface area contributed by atoms with Crippen molar-refractivity contribution in [3.8, 4) is 0 Å². The van der Waals surface area contributed by atoms with Gasteiger partial charge in [-0.05, 0) is 12.1 Å². The molecule has 0 aliphatic rings. The quantitative estimate of drug-likeness (QED) is 0.518. The van der Waals surface area contributed by atoms with Gasteiger partial charge in [0.05, 0.1) is 0 Å². The van der Waals surface area contributed by atoms with Crippen LogP contribution in [0.1, 0.15) is 13.2 Å². The summed E-state index contributed by atoms with van der Waals surface area (Å²) in [5, 5.41) is 19.1. The van der Waals surface area contributed by atoms with Crippen molar-refractivity contribution in [2.45, 2.75) is 13.2 Å². The zero-order valence-corrected chi connectivity index (χ0v) is 4.39. The minimum Gasteiger partial charge on any atom is -0.370 e. The predicted octanol–water partition coefficient (Wildman–Crippen LogP) is -0.816. The minimum absolute atomic E-state index is 0.683. The third-order valence-corrected chi connectivity index (χ3v) is 0.699. The first kappa shape index (κ1) is 5.17. The lowest BCUT2D eigenvalue weighted by molar-refractivity contribution is 0.0929. The van der Waals surface area contributed by atoms with E-state index in [1.54, 1.807) is 6.92 Å². The Morgan fingerprint density at radius 3 is 2.75 bits per heavy atom. The van der Waals surface area contributed by atoms with Gasteiger partial charge in [-0.15, -0.1) is 15.0 Å². The van der Waals surface area contributed by atoms with Gasteiger partial charge in [0.25, 0.3) is 0 Å². The first-order chi connectivity index (χ1) is 3.80. The van der Waals surface area contributed by atoms with Gasteiger partial charge in [-0.2, -0.15) is 0 Å². The molecule has 8 heavy (non-hydrogen) atoms. The molecule has 1 N–H and O–H groups in total. The van der Waals surface area contributed by atoms with E-state index in [0.29, 0.717) is 0 Å². The molecule has 44 valence electrons. The van der Waals surface area contributed by atoms with Crippen molar-refractivity contribution in [2.24, 2.45) is 0 Å². The van der Waals surface area contributed by atoms with E-state index in [2.05, 4.69) is 15.4 Å². The SMILES string of the molecule is CC(O)n1ncnn1. The van der Waals surface area contributed by atoms with Crippen LogP contribution in [0.4, 0.5) is 0 Å². The van der Waals surface area contributed by atoms with Crippen LogP contribution in [0.5, 0.6) is 0 Å². The highest BCUT2D eigenvalue weighted by molar-refractivity contribution is 4.39. The zero-order chi connectivity index (χ0) is 5.98. The normalized spacial score (nSPS) is 13.8. The number of rotatable bonds is 1. The summed E-state index contributed by atoms with van der Waals surface area (Å²) in [6.07, 6.45) is 0.588. The summed E-state index contributed by atoms with van der Waals surface area (Å²) in [6.45, 7) is 1.56. The van der Waals surface area contributed by atoms with E-state index in [9.17, 15) is 0 Å². The molecular weight excluding hydrogens is 108 g/mol. The largest absolute Gasteiger partial charge is 0.370 e. The molecular formula is C3H6N4O. The van der Waals surface area contributed by atoms with Gasteiger partial charge in [-0.3, -0.25) is 0 Å². The number of hydrogen-bond acceptors (Lipinski definition) is 4. The monoisotopic (exact) mass is 114 g/mol. The maximum absolute atomic E-state index is 8.71. The Labute approximate surface area is 45.9 Å². The second-order valence-electron chi connectivity index (χ2n) is 1.39. The predicted molar refractivity (Wildman–Crippen MR) is 24.7 cm³/mol. The molecule has 0 aliphatic heterocycles. The molecule has 0 radical (unpaired) electrons. The molecule has 0 spiro atoms. The molecule has 0 fully saturated rings. The summed E-state index contributed by atoms with van der Waals surface area (Å²) in [4.78, 5) is 1.11. The van der Waals surface area contributed by atoms with Crippen LogP contribution < -0.4 is 0 Å². The van der Waals surface area contributed by atoms with Crippen molar-refractivity contribution in [1.29, 1.82) is 0 Å². The molecule has 1 aromatic rings. The van der Waals surface area contributed by atoms with Crippen molar-refractivity contribution >= 4 is 0 Å². The van der Waals surface area contributed by atoms with E-state index < -0.39 is 6.23 Å². The number of hydrogen-bond donors (Lipinski definition) is 1. The lowest BCUT2D eigenvalue weighted by Gasteiger charge is -1.96. The highest BCUT2D eigenvalue weighted by Crippen LogP contribution is 1.88. The van der Waals surface area contributed by atoms with Crippen molar-refractivity contribution < 1.29 is 5.11 Å². The van der Waals surface area contributed by atoms with Gasteiger partial charge < -0.3 is 5.11 Å². The molecule has 5 nitrogen and oxygen atoms in total. The second kappa shape index (κ2) is 1.87. The number of aromatic nitrogens is 4. The molecule has 0 saturated heterocycles. The molecule has 5 heteroatoms. The second-order valence-corrected chi connectivity index (χ2v) is 1.39. The molecule has 1 rings (SSSR count). The van der Waals surface area contributed by atoms with E-state index in [1.165, 1.54) is 6.33 Å². The first-order valence-corrected chi connectivity index (χ1v) is 2.21. The zero-order valence-electron chi connectivity index (χ0n) is 4.39. The van der Waals surface area contributed by atoms with Gasteiger partial charge in [-0.25, -0.2) is 0 Å². The Kier molecular flexibility index (Phi) is 1.21. The molecule has 1 unspecified atom stereocenters. The van der Waals surface area contributed by atoms with Crippen molar-refractivity contribution in [3.05, 3.63) is 6.33 Å². The van der Waals surface area contributed by atoms with Gasteiger partial charge in [0, 0.05) is 0 Å². The summed E-state index contributed by atoms with van der Waals surface area (Å²) in [5.74, 6) is 0. The first-order valence-electron chi connectivity index (χ1n) is 2.21. The smallest absolute Gasteiger partial charge is 0.165 e. The molecule has 0 saturated carbocycles. The van der Waals surface area contributed by atoms with Crippen LogP contribution in [0.2, 0.25) is 0 Å². The Morgan fingerprint density at radius 2 is 2.50 bits per heavy atom. The van der Waals surface area contributed by atoms with Crippen LogP contribution in [-0.2, 0) is 0 Å².